The van der Waals surface area contributed by atoms with Gasteiger partial charge in [-0.25, -0.2) is 4.98 Å². The number of rotatable bonds is 8. The summed E-state index contributed by atoms with van der Waals surface area (Å²) in [6.45, 7) is 6.35. The number of nitrogen functional groups attached to an aromatic ring is 1. The summed E-state index contributed by atoms with van der Waals surface area (Å²) in [5, 5.41) is 18.2. The number of aromatic nitrogens is 2. The highest BCUT2D eigenvalue weighted by Gasteiger charge is 2.23. The third-order valence-corrected chi connectivity index (χ3v) is 7.09. The zero-order chi connectivity index (χ0) is 24.2. The predicted molar refractivity (Wildman–Crippen MR) is 145 cm³/mol. The number of amidine groups is 1. The number of benzene rings is 2. The van der Waals surface area contributed by atoms with Gasteiger partial charge in [0.1, 0.15) is 17.3 Å². The van der Waals surface area contributed by atoms with Gasteiger partial charge in [0, 0.05) is 29.8 Å². The lowest BCUT2D eigenvalue weighted by Crippen LogP contribution is -2.44. The van der Waals surface area contributed by atoms with Crippen molar-refractivity contribution in [2.24, 2.45) is 5.73 Å². The van der Waals surface area contributed by atoms with E-state index in [2.05, 4.69) is 23.7 Å². The maximum absolute atomic E-state index is 13.5. The van der Waals surface area contributed by atoms with Crippen LogP contribution < -0.4 is 11.3 Å². The second kappa shape index (κ2) is 11.7. The van der Waals surface area contributed by atoms with Crippen LogP contribution in [0.3, 0.4) is 0 Å². The van der Waals surface area contributed by atoms with E-state index in [0.29, 0.717) is 35.3 Å². The topological polar surface area (TPSA) is 108 Å². The quantitative estimate of drug-likeness (QED) is 0.233. The minimum atomic E-state index is -0.243. The van der Waals surface area contributed by atoms with Crippen LogP contribution in [-0.2, 0) is 6.54 Å². The molecule has 0 saturated carbocycles. The van der Waals surface area contributed by atoms with Crippen LogP contribution in [0.2, 0.25) is 0 Å². The van der Waals surface area contributed by atoms with Gasteiger partial charge < -0.3 is 15.4 Å². The van der Waals surface area contributed by atoms with Gasteiger partial charge >= 0.3 is 0 Å². The number of hydrogen-bond donors (Lipinski definition) is 3. The van der Waals surface area contributed by atoms with Crippen molar-refractivity contribution >= 4 is 29.3 Å². The molecular weight excluding hydrogens is 462 g/mol. The Hall–Kier alpha value is -2.90. The largest absolute Gasteiger partial charge is 0.507 e. The van der Waals surface area contributed by atoms with Crippen LogP contribution in [0.4, 0.5) is 0 Å². The lowest BCUT2D eigenvalue weighted by Gasteiger charge is -2.39. The van der Waals surface area contributed by atoms with Crippen molar-refractivity contribution in [2.75, 3.05) is 6.54 Å². The molecule has 2 heterocycles. The van der Waals surface area contributed by atoms with Crippen LogP contribution >= 0.6 is 12.4 Å². The van der Waals surface area contributed by atoms with E-state index in [0.717, 1.165) is 31.3 Å². The summed E-state index contributed by atoms with van der Waals surface area (Å²) < 4.78 is 1.77. The first-order valence-corrected chi connectivity index (χ1v) is 12.3. The number of phenolic OH excluding ortho intramolecular Hbond substituents is 1. The number of phenols is 1. The number of nitrogens with zero attached hydrogens (tertiary/aromatic N) is 3. The van der Waals surface area contributed by atoms with Crippen molar-refractivity contribution in [3.05, 3.63) is 58.4 Å². The molecule has 0 radical (unpaired) electrons. The number of hydrogen-bond acceptors (Lipinski definition) is 5. The molecule has 7 nitrogen and oxygen atoms in total. The fourth-order valence-corrected chi connectivity index (χ4v) is 5.14. The van der Waals surface area contributed by atoms with Crippen molar-refractivity contribution in [2.45, 2.75) is 71.0 Å². The third-order valence-electron chi connectivity index (χ3n) is 7.09. The van der Waals surface area contributed by atoms with E-state index in [-0.39, 0.29) is 35.2 Å². The highest BCUT2D eigenvalue weighted by atomic mass is 35.5. The van der Waals surface area contributed by atoms with Gasteiger partial charge in [-0.3, -0.25) is 15.1 Å². The van der Waals surface area contributed by atoms with Gasteiger partial charge in [-0.1, -0.05) is 25.0 Å². The van der Waals surface area contributed by atoms with Gasteiger partial charge in [0.15, 0.2) is 0 Å². The summed E-state index contributed by atoms with van der Waals surface area (Å²) in [5.41, 5.74) is 7.78. The van der Waals surface area contributed by atoms with Crippen LogP contribution in [-0.4, -0.2) is 44.0 Å². The molecular formula is C27H36ClN5O2. The Morgan fingerprint density at radius 3 is 2.49 bits per heavy atom. The molecule has 3 aromatic rings. The first kappa shape index (κ1) is 26.7. The van der Waals surface area contributed by atoms with E-state index in [9.17, 15) is 9.90 Å². The second-order valence-electron chi connectivity index (χ2n) is 9.48. The van der Waals surface area contributed by atoms with Gasteiger partial charge in [-0.15, -0.1) is 12.4 Å². The van der Waals surface area contributed by atoms with E-state index < -0.39 is 0 Å². The highest BCUT2D eigenvalue weighted by Crippen LogP contribution is 2.28. The molecule has 0 unspecified atom stereocenters. The van der Waals surface area contributed by atoms with Gasteiger partial charge in [-0.2, -0.15) is 0 Å². The van der Waals surface area contributed by atoms with E-state index in [1.807, 2.05) is 24.3 Å². The molecule has 0 spiro atoms. The number of halogens is 1. The molecule has 1 aliphatic rings. The summed E-state index contributed by atoms with van der Waals surface area (Å²) in [5.74, 6) is -0.180. The van der Waals surface area contributed by atoms with Crippen LogP contribution in [0.5, 0.6) is 5.75 Å². The molecule has 1 aromatic heterocycles. The molecule has 35 heavy (non-hydrogen) atoms. The molecule has 0 amide bonds. The molecule has 0 bridgehead atoms. The maximum atomic E-state index is 13.5. The smallest absolute Gasteiger partial charge is 0.277 e. The molecule has 188 valence electrons. The Bertz CT molecular complexity index is 1230. The van der Waals surface area contributed by atoms with Gasteiger partial charge in [-0.05, 0) is 76.4 Å². The number of aryl methyl sites for hydroxylation is 1. The lowest BCUT2D eigenvalue weighted by atomic mass is 9.97. The van der Waals surface area contributed by atoms with Crippen molar-refractivity contribution in [3.63, 3.8) is 0 Å². The van der Waals surface area contributed by atoms with Crippen LogP contribution in [0, 0.1) is 5.41 Å². The highest BCUT2D eigenvalue weighted by molar-refractivity contribution is 5.96. The molecule has 0 aliphatic carbocycles. The van der Waals surface area contributed by atoms with Crippen molar-refractivity contribution in [3.8, 4) is 17.0 Å². The van der Waals surface area contributed by atoms with Crippen molar-refractivity contribution in [1.82, 2.24) is 14.5 Å². The Labute approximate surface area is 212 Å². The van der Waals surface area contributed by atoms with E-state index in [1.165, 1.54) is 25.3 Å². The number of nitrogens with one attached hydrogen (secondary N) is 1. The van der Waals surface area contributed by atoms with E-state index >= 15 is 0 Å². The van der Waals surface area contributed by atoms with Gasteiger partial charge in [0.2, 0.25) is 0 Å². The monoisotopic (exact) mass is 497 g/mol. The molecule has 4 N–H and O–H groups in total. The molecule has 1 aliphatic heterocycles. The predicted octanol–water partition coefficient (Wildman–Crippen LogP) is 4.91. The number of piperidine rings is 1. The Balaban J connectivity index is 0.00000342. The number of nitrogens with two attached hydrogens (primary N) is 1. The summed E-state index contributed by atoms with van der Waals surface area (Å²) >= 11 is 0. The standard InChI is InChI=1S/C27H35N5O2.ClH/c1-18-9-8-10-19(2)31(18)15-6-3-7-16-32-23-12-5-4-11-22(23)30-25(27(32)34)21-17-20(26(28)29)13-14-24(21)33;/h4-5,11-14,17-19,33H,3,6-10,15-16H2,1-2H3,(H3,28,29);1H/t18-,19+;. The minimum absolute atomic E-state index is 0. The first-order chi connectivity index (χ1) is 16.4. The van der Waals surface area contributed by atoms with Gasteiger partial charge in [0.05, 0.1) is 11.0 Å². The molecule has 4 rings (SSSR count). The average molecular weight is 498 g/mol. The number of aromatic hydroxyl groups is 1. The number of unbranched alkanes of at least 4 members (excludes halogenated alkanes) is 2. The van der Waals surface area contributed by atoms with Crippen LogP contribution in [0.25, 0.3) is 22.3 Å². The number of para-hydroxylation sites is 2. The SMILES string of the molecule is C[C@@H]1CCC[C@H](C)N1CCCCCn1c(=O)c(-c2cc(C(=N)N)ccc2O)nc2ccccc21.Cl. The van der Waals surface area contributed by atoms with E-state index in [4.69, 9.17) is 11.1 Å². The summed E-state index contributed by atoms with van der Waals surface area (Å²) in [6.07, 6.45) is 6.93. The minimum Gasteiger partial charge on any atom is -0.507 e. The van der Waals surface area contributed by atoms with E-state index in [1.54, 1.807) is 16.7 Å². The maximum Gasteiger partial charge on any atom is 0.277 e. The van der Waals surface area contributed by atoms with Crippen molar-refractivity contribution in [1.29, 1.82) is 5.41 Å². The van der Waals surface area contributed by atoms with Crippen LogP contribution in [0.1, 0.15) is 57.9 Å². The molecule has 1 fully saturated rings. The van der Waals surface area contributed by atoms with Gasteiger partial charge in [0.25, 0.3) is 5.56 Å². The number of likely N-dealkylation sites (tertiary alicyclic amines) is 1. The summed E-state index contributed by atoms with van der Waals surface area (Å²) in [6, 6.07) is 13.5. The fraction of sp³-hybridized carbons (Fsp3) is 0.444. The van der Waals surface area contributed by atoms with Crippen molar-refractivity contribution < 1.29 is 5.11 Å². The zero-order valence-corrected chi connectivity index (χ0v) is 21.4. The fourth-order valence-electron chi connectivity index (χ4n) is 5.14. The number of fused-ring (bicyclic) bond motifs is 1. The first-order valence-electron chi connectivity index (χ1n) is 12.3. The zero-order valence-electron chi connectivity index (χ0n) is 20.5. The second-order valence-corrected chi connectivity index (χ2v) is 9.48. The normalized spacial score (nSPS) is 18.3. The summed E-state index contributed by atoms with van der Waals surface area (Å²) in [7, 11) is 0. The lowest BCUT2D eigenvalue weighted by molar-refractivity contribution is 0.101. The average Bonchev–Trinajstić information content (AvgIpc) is 2.81. The molecule has 2 aromatic carbocycles. The molecule has 2 atom stereocenters. The molecule has 8 heteroatoms. The Morgan fingerprint density at radius 2 is 1.77 bits per heavy atom. The Kier molecular flexibility index (Phi) is 8.92. The summed E-state index contributed by atoms with van der Waals surface area (Å²) in [4.78, 5) is 20.7. The third kappa shape index (κ3) is 5.85. The molecule has 1 saturated heterocycles. The Morgan fingerprint density at radius 1 is 1.09 bits per heavy atom. The van der Waals surface area contributed by atoms with Crippen LogP contribution in [0.15, 0.2) is 47.3 Å².